The molecule has 2 heterocycles. The van der Waals surface area contributed by atoms with E-state index in [9.17, 15) is 4.79 Å². The zero-order valence-electron chi connectivity index (χ0n) is 9.89. The molecule has 2 aliphatic heterocycles. The van der Waals surface area contributed by atoms with Crippen molar-refractivity contribution in [2.45, 2.75) is 18.9 Å². The first kappa shape index (κ1) is 11.7. The minimum Gasteiger partial charge on any atom is -0.447 e. The maximum Gasteiger partial charge on any atom is 0.410 e. The number of carbonyl (C=O) groups is 1. The Labute approximate surface area is 96.5 Å². The summed E-state index contributed by atoms with van der Waals surface area (Å²) in [5.74, 6) is 0.607. The van der Waals surface area contributed by atoms with E-state index in [4.69, 9.17) is 10.5 Å². The number of hydrogen-bond donors (Lipinski definition) is 1. The normalized spacial score (nSPS) is 28.5. The van der Waals surface area contributed by atoms with Gasteiger partial charge in [0.05, 0.1) is 6.04 Å². The van der Waals surface area contributed by atoms with Crippen LogP contribution in [0.1, 0.15) is 12.8 Å². The SMILES string of the molecule is CN1CCC(CN2C(=O)OCC2CN)CC1. The van der Waals surface area contributed by atoms with E-state index in [1.165, 1.54) is 0 Å². The molecule has 2 saturated heterocycles. The molecule has 2 fully saturated rings. The van der Waals surface area contributed by atoms with E-state index >= 15 is 0 Å². The van der Waals surface area contributed by atoms with Crippen LogP contribution in [0.5, 0.6) is 0 Å². The highest BCUT2D eigenvalue weighted by molar-refractivity contribution is 5.70. The van der Waals surface area contributed by atoms with Crippen molar-refractivity contribution in [3.63, 3.8) is 0 Å². The number of piperidine rings is 1. The van der Waals surface area contributed by atoms with E-state index in [0.29, 0.717) is 19.1 Å². The fraction of sp³-hybridized carbons (Fsp3) is 0.909. The summed E-state index contributed by atoms with van der Waals surface area (Å²) in [6.07, 6.45) is 2.14. The summed E-state index contributed by atoms with van der Waals surface area (Å²) in [4.78, 5) is 15.7. The second kappa shape index (κ2) is 5.01. The number of ether oxygens (including phenoxy) is 1. The number of nitrogens with two attached hydrogens (primary N) is 1. The fourth-order valence-electron chi connectivity index (χ4n) is 2.43. The van der Waals surface area contributed by atoms with Gasteiger partial charge in [0.25, 0.3) is 0 Å². The lowest BCUT2D eigenvalue weighted by atomic mass is 9.96. The van der Waals surface area contributed by atoms with E-state index < -0.39 is 0 Å². The van der Waals surface area contributed by atoms with Crippen molar-refractivity contribution < 1.29 is 9.53 Å². The average molecular weight is 227 g/mol. The standard InChI is InChI=1S/C11H21N3O2/c1-13-4-2-9(3-5-13)7-14-10(6-12)8-16-11(14)15/h9-10H,2-8,12H2,1H3. The van der Waals surface area contributed by atoms with Crippen LogP contribution < -0.4 is 5.73 Å². The van der Waals surface area contributed by atoms with Crippen LogP contribution in [-0.2, 0) is 4.74 Å². The van der Waals surface area contributed by atoms with Gasteiger partial charge in [0.1, 0.15) is 6.61 Å². The largest absolute Gasteiger partial charge is 0.447 e. The molecule has 5 nitrogen and oxygen atoms in total. The van der Waals surface area contributed by atoms with Crippen LogP contribution in [0.15, 0.2) is 0 Å². The second-order valence-corrected chi connectivity index (χ2v) is 4.87. The van der Waals surface area contributed by atoms with Gasteiger partial charge in [0.2, 0.25) is 0 Å². The smallest absolute Gasteiger partial charge is 0.410 e. The van der Waals surface area contributed by atoms with Crippen molar-refractivity contribution in [3.05, 3.63) is 0 Å². The average Bonchev–Trinajstić information content (AvgIpc) is 2.63. The summed E-state index contributed by atoms with van der Waals surface area (Å²) in [7, 11) is 2.14. The van der Waals surface area contributed by atoms with E-state index in [1.54, 1.807) is 0 Å². The highest BCUT2D eigenvalue weighted by Crippen LogP contribution is 2.21. The number of rotatable bonds is 3. The molecule has 0 aromatic heterocycles. The third kappa shape index (κ3) is 2.47. The van der Waals surface area contributed by atoms with Gasteiger partial charge in [-0.05, 0) is 38.9 Å². The predicted molar refractivity (Wildman–Crippen MR) is 61.1 cm³/mol. The molecule has 0 aromatic carbocycles. The lowest BCUT2D eigenvalue weighted by molar-refractivity contribution is 0.139. The van der Waals surface area contributed by atoms with Gasteiger partial charge in [-0.25, -0.2) is 4.79 Å². The lowest BCUT2D eigenvalue weighted by Crippen LogP contribution is -2.43. The van der Waals surface area contributed by atoms with Gasteiger partial charge in [-0.15, -0.1) is 0 Å². The minimum atomic E-state index is -0.186. The molecule has 5 heteroatoms. The zero-order chi connectivity index (χ0) is 11.5. The summed E-state index contributed by atoms with van der Waals surface area (Å²) in [6, 6.07) is 0.0900. The maximum absolute atomic E-state index is 11.5. The molecule has 1 amide bonds. The molecule has 1 atom stereocenters. The van der Waals surface area contributed by atoms with Gasteiger partial charge in [0, 0.05) is 13.1 Å². The first-order valence-electron chi connectivity index (χ1n) is 6.02. The molecule has 0 saturated carbocycles. The quantitative estimate of drug-likeness (QED) is 0.743. The van der Waals surface area contributed by atoms with Crippen LogP contribution in [-0.4, -0.2) is 61.8 Å². The fourth-order valence-corrected chi connectivity index (χ4v) is 2.43. The summed E-state index contributed by atoms with van der Waals surface area (Å²) in [6.45, 7) is 4.02. The molecule has 0 aliphatic carbocycles. The number of likely N-dealkylation sites (tertiary alicyclic amines) is 1. The lowest BCUT2D eigenvalue weighted by Gasteiger charge is -2.32. The topological polar surface area (TPSA) is 58.8 Å². The number of amides is 1. The Morgan fingerprint density at radius 1 is 1.44 bits per heavy atom. The third-order valence-electron chi connectivity index (χ3n) is 3.64. The van der Waals surface area contributed by atoms with E-state index in [0.717, 1.165) is 32.5 Å². The van der Waals surface area contributed by atoms with Crippen molar-refractivity contribution in [1.82, 2.24) is 9.80 Å². The number of cyclic esters (lactones) is 1. The molecule has 0 radical (unpaired) electrons. The van der Waals surface area contributed by atoms with Crippen LogP contribution in [0.4, 0.5) is 4.79 Å². The van der Waals surface area contributed by atoms with Gasteiger partial charge in [-0.3, -0.25) is 0 Å². The summed E-state index contributed by atoms with van der Waals surface area (Å²) in [5, 5.41) is 0. The van der Waals surface area contributed by atoms with Gasteiger partial charge in [-0.1, -0.05) is 0 Å². The maximum atomic E-state index is 11.5. The van der Waals surface area contributed by atoms with Gasteiger partial charge >= 0.3 is 6.09 Å². The van der Waals surface area contributed by atoms with E-state index in [2.05, 4.69) is 11.9 Å². The van der Waals surface area contributed by atoms with Gasteiger partial charge in [-0.2, -0.15) is 0 Å². The minimum absolute atomic E-state index is 0.0900. The van der Waals surface area contributed by atoms with Crippen molar-refractivity contribution in [3.8, 4) is 0 Å². The van der Waals surface area contributed by atoms with Crippen LogP contribution in [0.2, 0.25) is 0 Å². The number of hydrogen-bond acceptors (Lipinski definition) is 4. The third-order valence-corrected chi connectivity index (χ3v) is 3.64. The van der Waals surface area contributed by atoms with Crippen LogP contribution >= 0.6 is 0 Å². The molecule has 0 aromatic rings. The molecule has 0 bridgehead atoms. The van der Waals surface area contributed by atoms with E-state index in [-0.39, 0.29) is 12.1 Å². The molecule has 1 unspecified atom stereocenters. The van der Waals surface area contributed by atoms with Gasteiger partial charge in [0.15, 0.2) is 0 Å². The number of carbonyl (C=O) groups excluding carboxylic acids is 1. The predicted octanol–water partition coefficient (Wildman–Crippen LogP) is 0.108. The van der Waals surface area contributed by atoms with Crippen LogP contribution in [0.25, 0.3) is 0 Å². The van der Waals surface area contributed by atoms with Crippen molar-refractivity contribution in [2.24, 2.45) is 11.7 Å². The Balaban J connectivity index is 1.86. The molecular weight excluding hydrogens is 206 g/mol. The Kier molecular flexibility index (Phi) is 3.66. The molecule has 2 N–H and O–H groups in total. The molecule has 2 aliphatic rings. The Morgan fingerprint density at radius 3 is 2.75 bits per heavy atom. The Hall–Kier alpha value is -0.810. The van der Waals surface area contributed by atoms with Gasteiger partial charge < -0.3 is 20.3 Å². The molecule has 2 rings (SSSR count). The number of nitrogens with zero attached hydrogens (tertiary/aromatic N) is 2. The Morgan fingerprint density at radius 2 is 2.12 bits per heavy atom. The summed E-state index contributed by atoms with van der Waals surface area (Å²) >= 11 is 0. The molecular formula is C11H21N3O2. The highest BCUT2D eigenvalue weighted by atomic mass is 16.6. The Bertz CT molecular complexity index is 252. The van der Waals surface area contributed by atoms with E-state index in [1.807, 2.05) is 4.90 Å². The summed E-state index contributed by atoms with van der Waals surface area (Å²) < 4.78 is 5.03. The first-order chi connectivity index (χ1) is 7.70. The molecule has 0 spiro atoms. The monoisotopic (exact) mass is 227 g/mol. The van der Waals surface area contributed by atoms with Crippen molar-refractivity contribution in [2.75, 3.05) is 39.8 Å². The molecule has 92 valence electrons. The van der Waals surface area contributed by atoms with Crippen LogP contribution in [0, 0.1) is 5.92 Å². The van der Waals surface area contributed by atoms with Crippen molar-refractivity contribution in [1.29, 1.82) is 0 Å². The van der Waals surface area contributed by atoms with Crippen molar-refractivity contribution >= 4 is 6.09 Å². The highest BCUT2D eigenvalue weighted by Gasteiger charge is 2.33. The first-order valence-corrected chi connectivity index (χ1v) is 6.02. The second-order valence-electron chi connectivity index (χ2n) is 4.87. The molecule has 16 heavy (non-hydrogen) atoms. The van der Waals surface area contributed by atoms with Crippen LogP contribution in [0.3, 0.4) is 0 Å². The summed E-state index contributed by atoms with van der Waals surface area (Å²) in [5.41, 5.74) is 5.63. The zero-order valence-corrected chi connectivity index (χ0v) is 9.89.